The molecule has 0 atom stereocenters. The summed E-state index contributed by atoms with van der Waals surface area (Å²) in [6.07, 6.45) is 5.31. The molecular weight excluding hydrogens is 408 g/mol. The van der Waals surface area contributed by atoms with Crippen LogP contribution < -0.4 is 14.8 Å². The van der Waals surface area contributed by atoms with Gasteiger partial charge in [-0.25, -0.2) is 4.99 Å². The van der Waals surface area contributed by atoms with Gasteiger partial charge in [0, 0.05) is 5.56 Å². The molecule has 162 valence electrons. The number of amidine groups is 1. The van der Waals surface area contributed by atoms with Crippen LogP contribution in [0.15, 0.2) is 59.0 Å². The summed E-state index contributed by atoms with van der Waals surface area (Å²) in [6.45, 7) is 10.9. The molecule has 0 bridgehead atoms. The predicted molar refractivity (Wildman–Crippen MR) is 129 cm³/mol. The lowest BCUT2D eigenvalue weighted by molar-refractivity contribution is -0.115. The van der Waals surface area contributed by atoms with Crippen molar-refractivity contribution in [1.29, 1.82) is 0 Å². The average molecular weight is 437 g/mol. The van der Waals surface area contributed by atoms with Gasteiger partial charge < -0.3 is 14.8 Å². The number of aryl methyl sites for hydroxylation is 1. The normalized spacial score (nSPS) is 15.9. The van der Waals surface area contributed by atoms with Crippen LogP contribution in [0, 0.1) is 0 Å². The maximum Gasteiger partial charge on any atom is 0.264 e. The Hall–Kier alpha value is -2.99. The number of nitrogens with zero attached hydrogens (tertiary/aromatic N) is 1. The van der Waals surface area contributed by atoms with E-state index in [2.05, 4.69) is 23.8 Å². The number of hydrogen-bond donors (Lipinski definition) is 1. The number of nitrogens with one attached hydrogen (secondary N) is 1. The lowest BCUT2D eigenvalue weighted by Gasteiger charge is -2.16. The van der Waals surface area contributed by atoms with Gasteiger partial charge in [0.25, 0.3) is 5.91 Å². The van der Waals surface area contributed by atoms with Gasteiger partial charge >= 0.3 is 0 Å². The second-order valence-electron chi connectivity index (χ2n) is 6.87. The van der Waals surface area contributed by atoms with Crippen molar-refractivity contribution in [2.75, 3.05) is 13.2 Å². The van der Waals surface area contributed by atoms with Crippen molar-refractivity contribution in [2.24, 2.45) is 4.99 Å². The highest BCUT2D eigenvalue weighted by Crippen LogP contribution is 2.36. The van der Waals surface area contributed by atoms with Crippen molar-refractivity contribution >= 4 is 34.6 Å². The Morgan fingerprint density at radius 2 is 1.84 bits per heavy atom. The minimum atomic E-state index is -0.161. The number of allylic oxidation sites excluding steroid dienone is 1. The zero-order valence-electron chi connectivity index (χ0n) is 18.2. The van der Waals surface area contributed by atoms with Gasteiger partial charge in [0.1, 0.15) is 0 Å². The van der Waals surface area contributed by atoms with E-state index in [1.165, 1.54) is 17.3 Å². The van der Waals surface area contributed by atoms with E-state index in [1.54, 1.807) is 0 Å². The topological polar surface area (TPSA) is 59.9 Å². The zero-order valence-corrected chi connectivity index (χ0v) is 19.1. The van der Waals surface area contributed by atoms with Crippen molar-refractivity contribution in [1.82, 2.24) is 5.32 Å². The molecule has 6 heteroatoms. The summed E-state index contributed by atoms with van der Waals surface area (Å²) in [5.41, 5.74) is 3.91. The summed E-state index contributed by atoms with van der Waals surface area (Å²) in [4.78, 5) is 17.7. The minimum absolute atomic E-state index is 0.161. The van der Waals surface area contributed by atoms with E-state index >= 15 is 0 Å². The Morgan fingerprint density at radius 3 is 2.48 bits per heavy atom. The van der Waals surface area contributed by atoms with Gasteiger partial charge in [-0.3, -0.25) is 4.79 Å². The monoisotopic (exact) mass is 436 g/mol. The molecule has 3 rings (SSSR count). The maximum absolute atomic E-state index is 12.5. The molecule has 0 saturated carbocycles. The van der Waals surface area contributed by atoms with Gasteiger partial charge in [0.15, 0.2) is 16.7 Å². The van der Waals surface area contributed by atoms with Crippen molar-refractivity contribution < 1.29 is 14.3 Å². The molecule has 1 heterocycles. The van der Waals surface area contributed by atoms with Gasteiger partial charge in [-0.1, -0.05) is 25.1 Å². The molecule has 2 aromatic rings. The van der Waals surface area contributed by atoms with Crippen molar-refractivity contribution in [3.63, 3.8) is 0 Å². The molecule has 1 fully saturated rings. The molecule has 31 heavy (non-hydrogen) atoms. The third kappa shape index (κ3) is 5.79. The van der Waals surface area contributed by atoms with E-state index in [0.29, 0.717) is 35.5 Å². The van der Waals surface area contributed by atoms with Crippen LogP contribution in [0.2, 0.25) is 0 Å². The van der Waals surface area contributed by atoms with E-state index in [0.717, 1.165) is 29.0 Å². The summed E-state index contributed by atoms with van der Waals surface area (Å²) < 4.78 is 11.6. The smallest absolute Gasteiger partial charge is 0.264 e. The molecule has 1 saturated heterocycles. The Kier molecular flexibility index (Phi) is 7.95. The van der Waals surface area contributed by atoms with Gasteiger partial charge in [0.2, 0.25) is 0 Å². The average Bonchev–Trinajstić information content (AvgIpc) is 3.10. The Labute approximate surface area is 188 Å². The highest BCUT2D eigenvalue weighted by atomic mass is 32.2. The second kappa shape index (κ2) is 10.9. The zero-order chi connectivity index (χ0) is 22.2. The number of carbonyl (C=O) groups is 1. The molecule has 5 nitrogen and oxygen atoms in total. The SMILES string of the molecule is C=CCc1cc(/C=C2\SC(=Nc3ccc(CC)cc3)NC2=O)cc(OCC)c1OCC. The van der Waals surface area contributed by atoms with Crippen LogP contribution in [0.3, 0.4) is 0 Å². The van der Waals surface area contributed by atoms with Crippen LogP contribution in [0.25, 0.3) is 6.08 Å². The number of rotatable bonds is 9. The molecule has 1 aliphatic rings. The summed E-state index contributed by atoms with van der Waals surface area (Å²) in [5, 5.41) is 3.42. The highest BCUT2D eigenvalue weighted by Gasteiger charge is 2.24. The molecule has 0 spiro atoms. The lowest BCUT2D eigenvalue weighted by Crippen LogP contribution is -2.19. The largest absolute Gasteiger partial charge is 0.490 e. The van der Waals surface area contributed by atoms with E-state index in [9.17, 15) is 4.79 Å². The first-order valence-electron chi connectivity index (χ1n) is 10.5. The van der Waals surface area contributed by atoms with E-state index < -0.39 is 0 Å². The number of hydrogen-bond acceptors (Lipinski definition) is 5. The highest BCUT2D eigenvalue weighted by molar-refractivity contribution is 8.18. The molecule has 1 N–H and O–H groups in total. The number of amides is 1. The van der Waals surface area contributed by atoms with E-state index in [4.69, 9.17) is 9.47 Å². The first kappa shape index (κ1) is 22.7. The minimum Gasteiger partial charge on any atom is -0.490 e. The predicted octanol–water partition coefficient (Wildman–Crippen LogP) is 5.67. The maximum atomic E-state index is 12.5. The van der Waals surface area contributed by atoms with Crippen LogP contribution in [0.4, 0.5) is 5.69 Å². The van der Waals surface area contributed by atoms with Gasteiger partial charge in [0.05, 0.1) is 23.8 Å². The number of carbonyl (C=O) groups excluding carboxylic acids is 1. The second-order valence-corrected chi connectivity index (χ2v) is 7.90. The fraction of sp³-hybridized carbons (Fsp3) is 0.280. The summed E-state index contributed by atoms with van der Waals surface area (Å²) in [5.74, 6) is 1.24. The van der Waals surface area contributed by atoms with Crippen molar-refractivity contribution in [3.05, 3.63) is 70.6 Å². The van der Waals surface area contributed by atoms with Crippen LogP contribution in [-0.2, 0) is 17.6 Å². The Balaban J connectivity index is 1.90. The Morgan fingerprint density at radius 1 is 1.10 bits per heavy atom. The first-order chi connectivity index (χ1) is 15.1. The number of ether oxygens (including phenoxy) is 2. The van der Waals surface area contributed by atoms with Crippen LogP contribution in [0.5, 0.6) is 11.5 Å². The van der Waals surface area contributed by atoms with E-state index in [1.807, 2.05) is 62.4 Å². The van der Waals surface area contributed by atoms with Crippen LogP contribution >= 0.6 is 11.8 Å². The fourth-order valence-corrected chi connectivity index (χ4v) is 4.04. The summed E-state index contributed by atoms with van der Waals surface area (Å²) in [6, 6.07) is 11.9. The molecular formula is C25H28N2O3S. The molecule has 0 unspecified atom stereocenters. The molecule has 1 amide bonds. The van der Waals surface area contributed by atoms with Crippen LogP contribution in [-0.4, -0.2) is 24.3 Å². The van der Waals surface area contributed by atoms with Gasteiger partial charge in [-0.05, 0) is 79.9 Å². The van der Waals surface area contributed by atoms with Gasteiger partial charge in [-0.15, -0.1) is 6.58 Å². The van der Waals surface area contributed by atoms with E-state index in [-0.39, 0.29) is 5.91 Å². The molecule has 2 aromatic carbocycles. The molecule has 0 radical (unpaired) electrons. The first-order valence-corrected chi connectivity index (χ1v) is 11.3. The fourth-order valence-electron chi connectivity index (χ4n) is 3.20. The van der Waals surface area contributed by atoms with Crippen molar-refractivity contribution in [2.45, 2.75) is 33.6 Å². The van der Waals surface area contributed by atoms with Crippen molar-refractivity contribution in [3.8, 4) is 11.5 Å². The molecule has 0 aromatic heterocycles. The summed E-state index contributed by atoms with van der Waals surface area (Å²) in [7, 11) is 0. The molecule has 1 aliphatic heterocycles. The molecule has 0 aliphatic carbocycles. The summed E-state index contributed by atoms with van der Waals surface area (Å²) >= 11 is 1.33. The van der Waals surface area contributed by atoms with Gasteiger partial charge in [-0.2, -0.15) is 0 Å². The standard InChI is InChI=1S/C25H28N2O3S/c1-5-9-19-14-18(15-21(29-7-3)23(19)30-8-4)16-22-24(28)27-25(31-22)26-20-12-10-17(6-2)11-13-20/h5,10-16H,1,6-9H2,2-4H3,(H,26,27,28)/b22-16-. The van der Waals surface area contributed by atoms with Crippen LogP contribution in [0.1, 0.15) is 37.5 Å². The Bertz CT molecular complexity index is 1010. The third-order valence-corrected chi connectivity index (χ3v) is 5.54. The quantitative estimate of drug-likeness (QED) is 0.407. The lowest BCUT2D eigenvalue weighted by atomic mass is 10.0. The third-order valence-electron chi connectivity index (χ3n) is 4.63. The number of thioether (sulfide) groups is 1. The number of aliphatic imine (C=N–C) groups is 1. The number of benzene rings is 2.